The molecule has 5 rings (SSSR count). The molecule has 1 saturated heterocycles. The number of benzene rings is 1. The predicted octanol–water partition coefficient (Wildman–Crippen LogP) is 4.82. The summed E-state index contributed by atoms with van der Waals surface area (Å²) in [5, 5.41) is 8.79. The Morgan fingerprint density at radius 3 is 2.67 bits per heavy atom. The standard InChI is InChI=1S/C19H16Cl2FIN7O2P/c1-31-19-27-15-9(17(28-19)29-4-2-24-3-5-29)6-13(20)26-18(15)32-16-10-8-25-30(33-23)12(10)7-11(22)14(16)21/h6-8,24,33H,2-5H2,1H3. The summed E-state index contributed by atoms with van der Waals surface area (Å²) in [5.41, 5.74) is 0.927. The van der Waals surface area contributed by atoms with E-state index >= 15 is 0 Å². The molecule has 1 unspecified atom stereocenters. The molecule has 4 heterocycles. The van der Waals surface area contributed by atoms with Gasteiger partial charge in [-0.15, -0.1) is 0 Å². The smallest absolute Gasteiger partial charge is 0.318 e. The molecule has 33 heavy (non-hydrogen) atoms. The van der Waals surface area contributed by atoms with Crippen LogP contribution >= 0.6 is 51.6 Å². The lowest BCUT2D eigenvalue weighted by molar-refractivity contribution is 0.380. The van der Waals surface area contributed by atoms with Crippen LogP contribution in [0.25, 0.3) is 21.8 Å². The first-order chi connectivity index (χ1) is 16.0. The minimum atomic E-state index is -0.629. The van der Waals surface area contributed by atoms with Crippen LogP contribution in [0.3, 0.4) is 0 Å². The van der Waals surface area contributed by atoms with Crippen molar-refractivity contribution in [3.63, 3.8) is 0 Å². The van der Waals surface area contributed by atoms with Crippen LogP contribution in [-0.4, -0.2) is 57.8 Å². The molecule has 0 radical (unpaired) electrons. The number of piperazine rings is 1. The third kappa shape index (κ3) is 4.25. The molecule has 4 aromatic rings. The Morgan fingerprint density at radius 2 is 1.94 bits per heavy atom. The van der Waals surface area contributed by atoms with Gasteiger partial charge in [0.25, 0.3) is 0 Å². The van der Waals surface area contributed by atoms with E-state index in [2.05, 4.69) is 52.3 Å². The molecular weight excluding hydrogens is 606 g/mol. The maximum atomic E-state index is 14.7. The molecule has 14 heteroatoms. The molecule has 1 fully saturated rings. The lowest BCUT2D eigenvalue weighted by Crippen LogP contribution is -2.44. The monoisotopic (exact) mass is 621 g/mol. The third-order valence-corrected chi connectivity index (χ3v) is 7.61. The van der Waals surface area contributed by atoms with E-state index in [0.717, 1.165) is 26.2 Å². The average molecular weight is 622 g/mol. The highest BCUT2D eigenvalue weighted by atomic mass is 127. The molecule has 1 N–H and O–H groups in total. The number of halogens is 4. The number of hydrogen-bond acceptors (Lipinski definition) is 8. The highest BCUT2D eigenvalue weighted by molar-refractivity contribution is 14.2. The van der Waals surface area contributed by atoms with Crippen molar-refractivity contribution >= 4 is 79.2 Å². The largest absolute Gasteiger partial charge is 0.467 e. The van der Waals surface area contributed by atoms with Crippen LogP contribution in [0.2, 0.25) is 10.2 Å². The molecular formula is C19H16Cl2FIN7O2P. The van der Waals surface area contributed by atoms with E-state index in [1.807, 2.05) is 0 Å². The Hall–Kier alpha value is -1.79. The van der Waals surface area contributed by atoms with Gasteiger partial charge in [0.15, 0.2) is 5.75 Å². The summed E-state index contributed by atoms with van der Waals surface area (Å²) >= 11 is 14.8. The van der Waals surface area contributed by atoms with Crippen molar-refractivity contribution in [2.24, 2.45) is 0 Å². The second kappa shape index (κ2) is 9.46. The van der Waals surface area contributed by atoms with Gasteiger partial charge in [0, 0.05) is 32.2 Å². The number of methoxy groups -OCH3 is 1. The number of aromatic nitrogens is 5. The van der Waals surface area contributed by atoms with Gasteiger partial charge in [0.1, 0.15) is 27.3 Å². The number of nitrogens with zero attached hydrogens (tertiary/aromatic N) is 6. The molecule has 1 aliphatic rings. The molecule has 172 valence electrons. The molecule has 0 aliphatic carbocycles. The fourth-order valence-corrected chi connectivity index (χ4v) is 5.57. The molecule has 9 nitrogen and oxygen atoms in total. The summed E-state index contributed by atoms with van der Waals surface area (Å²) in [6, 6.07) is 3.17. The lowest BCUT2D eigenvalue weighted by atomic mass is 10.2. The van der Waals surface area contributed by atoms with Gasteiger partial charge in [0.2, 0.25) is 5.88 Å². The van der Waals surface area contributed by atoms with Gasteiger partial charge in [-0.1, -0.05) is 23.2 Å². The van der Waals surface area contributed by atoms with Gasteiger partial charge in [-0.25, -0.2) is 8.84 Å². The molecule has 1 aliphatic heterocycles. The van der Waals surface area contributed by atoms with Crippen molar-refractivity contribution in [1.29, 1.82) is 0 Å². The van der Waals surface area contributed by atoms with Gasteiger partial charge in [0.05, 0.1) is 36.0 Å². The van der Waals surface area contributed by atoms with Crippen LogP contribution in [0.4, 0.5) is 10.2 Å². The van der Waals surface area contributed by atoms with Gasteiger partial charge in [-0.05, 0) is 28.1 Å². The van der Waals surface area contributed by atoms with Crippen molar-refractivity contribution in [3.8, 4) is 17.6 Å². The first-order valence-electron chi connectivity index (χ1n) is 9.78. The average Bonchev–Trinajstić information content (AvgIpc) is 3.24. The summed E-state index contributed by atoms with van der Waals surface area (Å²) in [6.07, 6.45) is 1.85. The van der Waals surface area contributed by atoms with E-state index < -0.39 is 5.82 Å². The lowest BCUT2D eigenvalue weighted by Gasteiger charge is -2.29. The molecule has 0 amide bonds. The highest BCUT2D eigenvalue weighted by Crippen LogP contribution is 2.43. The van der Waals surface area contributed by atoms with Crippen molar-refractivity contribution in [1.82, 2.24) is 29.8 Å². The van der Waals surface area contributed by atoms with Crippen LogP contribution in [0.15, 0.2) is 18.3 Å². The topological polar surface area (TPSA) is 90.2 Å². The maximum Gasteiger partial charge on any atom is 0.318 e. The SMILES string of the molecule is COc1nc(N2CCNCC2)c2cc(Cl)nc(Oc3c(Cl)c(F)cc4c3cnn4PI)c2n1. The number of anilines is 1. The minimum absolute atomic E-state index is 0.0630. The van der Waals surface area contributed by atoms with E-state index in [1.165, 1.54) is 13.2 Å². The van der Waals surface area contributed by atoms with Gasteiger partial charge < -0.3 is 19.7 Å². The van der Waals surface area contributed by atoms with Gasteiger partial charge in [-0.2, -0.15) is 20.1 Å². The van der Waals surface area contributed by atoms with E-state index in [4.69, 9.17) is 32.7 Å². The van der Waals surface area contributed by atoms with Crippen LogP contribution in [0.1, 0.15) is 0 Å². The predicted molar refractivity (Wildman–Crippen MR) is 136 cm³/mol. The zero-order chi connectivity index (χ0) is 23.1. The number of hydrogen-bond donors (Lipinski definition) is 1. The Balaban J connectivity index is 1.71. The van der Waals surface area contributed by atoms with Gasteiger partial charge >= 0.3 is 6.01 Å². The first-order valence-corrected chi connectivity index (χ1v) is 14.6. The molecule has 1 aromatic carbocycles. The molecule has 0 spiro atoms. The zero-order valence-corrected chi connectivity index (χ0v) is 21.7. The number of nitrogens with one attached hydrogen (secondary N) is 1. The number of ether oxygens (including phenoxy) is 2. The van der Waals surface area contributed by atoms with Crippen molar-refractivity contribution < 1.29 is 13.9 Å². The second-order valence-corrected chi connectivity index (χ2v) is 9.90. The summed E-state index contributed by atoms with van der Waals surface area (Å²) in [4.78, 5) is 15.4. The maximum absolute atomic E-state index is 14.7. The molecule has 3 aromatic heterocycles. The number of rotatable bonds is 5. The van der Waals surface area contributed by atoms with E-state index in [0.29, 0.717) is 27.6 Å². The number of fused-ring (bicyclic) bond motifs is 2. The molecule has 0 bridgehead atoms. The highest BCUT2D eigenvalue weighted by Gasteiger charge is 2.24. The summed E-state index contributed by atoms with van der Waals surface area (Å²) in [5.74, 6) is 0.176. The minimum Gasteiger partial charge on any atom is -0.467 e. The first kappa shape index (κ1) is 23.0. The fraction of sp³-hybridized carbons (Fsp3) is 0.263. The van der Waals surface area contributed by atoms with Crippen molar-refractivity contribution in [2.45, 2.75) is 0 Å². The summed E-state index contributed by atoms with van der Waals surface area (Å²) in [7, 11) is 1.48. The van der Waals surface area contributed by atoms with Crippen molar-refractivity contribution in [2.75, 3.05) is 38.2 Å². The van der Waals surface area contributed by atoms with Crippen molar-refractivity contribution in [3.05, 3.63) is 34.3 Å². The van der Waals surface area contributed by atoms with E-state index in [9.17, 15) is 4.39 Å². The normalized spacial score (nSPS) is 14.6. The summed E-state index contributed by atoms with van der Waals surface area (Å²) in [6.45, 7) is 3.12. The number of pyridine rings is 1. The quantitative estimate of drug-likeness (QED) is 0.193. The Bertz CT molecular complexity index is 1370. The fourth-order valence-electron chi connectivity index (χ4n) is 3.66. The Kier molecular flexibility index (Phi) is 6.58. The Labute approximate surface area is 212 Å². The van der Waals surface area contributed by atoms with Gasteiger partial charge in [-0.3, -0.25) is 0 Å². The van der Waals surface area contributed by atoms with E-state index in [-0.39, 0.29) is 34.2 Å². The summed E-state index contributed by atoms with van der Waals surface area (Å²) < 4.78 is 27.8. The van der Waals surface area contributed by atoms with E-state index in [1.54, 1.807) is 16.7 Å². The zero-order valence-electron chi connectivity index (χ0n) is 17.1. The van der Waals surface area contributed by atoms with Crippen LogP contribution in [-0.2, 0) is 0 Å². The van der Waals surface area contributed by atoms with Crippen LogP contribution in [0.5, 0.6) is 17.6 Å². The Morgan fingerprint density at radius 1 is 1.15 bits per heavy atom. The molecule has 1 atom stereocenters. The second-order valence-electron chi connectivity index (χ2n) is 7.09. The third-order valence-electron chi connectivity index (χ3n) is 5.18. The molecule has 0 saturated carbocycles. The van der Waals surface area contributed by atoms with Crippen LogP contribution < -0.4 is 19.7 Å². The van der Waals surface area contributed by atoms with Crippen LogP contribution in [0, 0.1) is 5.82 Å².